The standard InChI is InChI=1S/C12H19N3O2S/c1-7-10(18-12(13)14-7)11(17)15-8-5-3-2-4-6-9(8)16/h8-9,16H,2-6H2,1H3,(H2,13,14)(H,15,17). The molecule has 1 saturated carbocycles. The number of nitrogens with zero attached hydrogens (tertiary/aromatic N) is 1. The molecule has 0 aromatic carbocycles. The second kappa shape index (κ2) is 5.67. The van der Waals surface area contributed by atoms with Crippen LogP contribution < -0.4 is 11.1 Å². The van der Waals surface area contributed by atoms with Gasteiger partial charge in [-0.05, 0) is 19.8 Å². The van der Waals surface area contributed by atoms with Crippen molar-refractivity contribution in [3.63, 3.8) is 0 Å². The Morgan fingerprint density at radius 1 is 1.44 bits per heavy atom. The van der Waals surface area contributed by atoms with E-state index in [-0.39, 0.29) is 11.9 Å². The lowest BCUT2D eigenvalue weighted by Gasteiger charge is -2.21. The van der Waals surface area contributed by atoms with Crippen LogP contribution in [0.2, 0.25) is 0 Å². The maximum absolute atomic E-state index is 12.1. The van der Waals surface area contributed by atoms with Crippen molar-refractivity contribution in [3.8, 4) is 0 Å². The summed E-state index contributed by atoms with van der Waals surface area (Å²) in [6, 6.07) is -0.150. The molecule has 0 aliphatic heterocycles. The van der Waals surface area contributed by atoms with Gasteiger partial charge in [-0.2, -0.15) is 0 Å². The number of rotatable bonds is 2. The molecule has 0 spiro atoms. The van der Waals surface area contributed by atoms with E-state index < -0.39 is 6.10 Å². The van der Waals surface area contributed by atoms with Crippen molar-refractivity contribution in [2.24, 2.45) is 0 Å². The van der Waals surface area contributed by atoms with Crippen LogP contribution in [0.4, 0.5) is 5.13 Å². The van der Waals surface area contributed by atoms with Gasteiger partial charge in [0.2, 0.25) is 0 Å². The fourth-order valence-electron chi connectivity index (χ4n) is 2.32. The number of aryl methyl sites for hydroxylation is 1. The Bertz CT molecular complexity index is 433. The predicted molar refractivity (Wildman–Crippen MR) is 71.6 cm³/mol. The molecule has 0 saturated heterocycles. The van der Waals surface area contributed by atoms with Crippen LogP contribution >= 0.6 is 11.3 Å². The maximum Gasteiger partial charge on any atom is 0.263 e. The average molecular weight is 269 g/mol. The minimum Gasteiger partial charge on any atom is -0.391 e. The second-order valence-electron chi connectivity index (χ2n) is 4.75. The number of carbonyl (C=O) groups excluding carboxylic acids is 1. The molecule has 1 aliphatic rings. The quantitative estimate of drug-likeness (QED) is 0.709. The molecule has 0 radical (unpaired) electrons. The number of anilines is 1. The summed E-state index contributed by atoms with van der Waals surface area (Å²) in [7, 11) is 0. The molecule has 1 aliphatic carbocycles. The molecule has 18 heavy (non-hydrogen) atoms. The van der Waals surface area contributed by atoms with E-state index in [1.165, 1.54) is 11.3 Å². The first kappa shape index (κ1) is 13.3. The van der Waals surface area contributed by atoms with Crippen LogP contribution in [-0.4, -0.2) is 28.1 Å². The predicted octanol–water partition coefficient (Wildman–Crippen LogP) is 1.46. The highest BCUT2D eigenvalue weighted by atomic mass is 32.1. The van der Waals surface area contributed by atoms with Crippen LogP contribution in [-0.2, 0) is 0 Å². The minimum atomic E-state index is -0.443. The van der Waals surface area contributed by atoms with Gasteiger partial charge >= 0.3 is 0 Å². The summed E-state index contributed by atoms with van der Waals surface area (Å²) < 4.78 is 0. The van der Waals surface area contributed by atoms with Crippen LogP contribution in [0.3, 0.4) is 0 Å². The van der Waals surface area contributed by atoms with Crippen LogP contribution in [0.15, 0.2) is 0 Å². The molecular weight excluding hydrogens is 250 g/mol. The number of aromatic nitrogens is 1. The summed E-state index contributed by atoms with van der Waals surface area (Å²) in [6.07, 6.45) is 4.35. The molecule has 2 atom stereocenters. The van der Waals surface area contributed by atoms with Crippen molar-refractivity contribution in [2.75, 3.05) is 5.73 Å². The number of nitrogens with two attached hydrogens (primary N) is 1. The maximum atomic E-state index is 12.1. The molecule has 5 nitrogen and oxygen atoms in total. The van der Waals surface area contributed by atoms with E-state index in [9.17, 15) is 9.90 Å². The van der Waals surface area contributed by atoms with E-state index in [1.54, 1.807) is 6.92 Å². The summed E-state index contributed by atoms with van der Waals surface area (Å²) in [6.45, 7) is 1.77. The van der Waals surface area contributed by atoms with Crippen LogP contribution in [0.25, 0.3) is 0 Å². The lowest BCUT2D eigenvalue weighted by atomic mass is 10.1. The Labute approximate surface area is 110 Å². The van der Waals surface area contributed by atoms with Gasteiger partial charge < -0.3 is 16.2 Å². The highest BCUT2D eigenvalue weighted by Gasteiger charge is 2.25. The third kappa shape index (κ3) is 3.00. The monoisotopic (exact) mass is 269 g/mol. The van der Waals surface area contributed by atoms with E-state index in [0.29, 0.717) is 15.7 Å². The second-order valence-corrected chi connectivity index (χ2v) is 5.78. The zero-order chi connectivity index (χ0) is 13.1. The first-order valence-electron chi connectivity index (χ1n) is 6.29. The van der Waals surface area contributed by atoms with Crippen molar-refractivity contribution < 1.29 is 9.90 Å². The Balaban J connectivity index is 2.04. The van der Waals surface area contributed by atoms with E-state index in [0.717, 1.165) is 32.1 Å². The Kier molecular flexibility index (Phi) is 4.19. The third-order valence-electron chi connectivity index (χ3n) is 3.32. The highest BCUT2D eigenvalue weighted by Crippen LogP contribution is 2.22. The number of thiazole rings is 1. The van der Waals surface area contributed by atoms with Gasteiger partial charge in [0.05, 0.1) is 17.8 Å². The lowest BCUT2D eigenvalue weighted by molar-refractivity contribution is 0.0821. The summed E-state index contributed by atoms with van der Waals surface area (Å²) in [5.41, 5.74) is 6.23. The van der Waals surface area contributed by atoms with Gasteiger partial charge in [0.25, 0.3) is 5.91 Å². The largest absolute Gasteiger partial charge is 0.391 e. The molecular formula is C12H19N3O2S. The van der Waals surface area contributed by atoms with Gasteiger partial charge in [0, 0.05) is 0 Å². The number of hydrogen-bond donors (Lipinski definition) is 3. The van der Waals surface area contributed by atoms with Crippen LogP contribution in [0.1, 0.15) is 47.5 Å². The van der Waals surface area contributed by atoms with Gasteiger partial charge in [0.1, 0.15) is 4.88 Å². The number of nitrogen functional groups attached to an aromatic ring is 1. The first-order valence-corrected chi connectivity index (χ1v) is 7.11. The molecule has 100 valence electrons. The summed E-state index contributed by atoms with van der Waals surface area (Å²) >= 11 is 1.19. The lowest BCUT2D eigenvalue weighted by Crippen LogP contribution is -2.42. The van der Waals surface area contributed by atoms with E-state index in [2.05, 4.69) is 10.3 Å². The molecule has 2 rings (SSSR count). The molecule has 1 aromatic rings. The van der Waals surface area contributed by atoms with E-state index >= 15 is 0 Å². The fourth-order valence-corrected chi connectivity index (χ4v) is 3.06. The minimum absolute atomic E-state index is 0.150. The summed E-state index contributed by atoms with van der Waals surface area (Å²) in [5, 5.41) is 13.3. The number of aliphatic hydroxyl groups is 1. The Morgan fingerprint density at radius 2 is 2.17 bits per heavy atom. The zero-order valence-corrected chi connectivity index (χ0v) is 11.3. The fraction of sp³-hybridized carbons (Fsp3) is 0.667. The smallest absolute Gasteiger partial charge is 0.263 e. The number of hydrogen-bond acceptors (Lipinski definition) is 5. The molecule has 1 aromatic heterocycles. The van der Waals surface area contributed by atoms with Gasteiger partial charge in [-0.1, -0.05) is 30.6 Å². The van der Waals surface area contributed by atoms with Gasteiger partial charge in [0.15, 0.2) is 5.13 Å². The van der Waals surface area contributed by atoms with Crippen molar-refractivity contribution in [1.29, 1.82) is 0 Å². The number of nitrogens with one attached hydrogen (secondary N) is 1. The van der Waals surface area contributed by atoms with Crippen LogP contribution in [0, 0.1) is 6.92 Å². The molecule has 6 heteroatoms. The normalized spacial score (nSPS) is 24.6. The first-order chi connectivity index (χ1) is 8.58. The van der Waals surface area contributed by atoms with Gasteiger partial charge in [-0.15, -0.1) is 0 Å². The Morgan fingerprint density at radius 3 is 2.83 bits per heavy atom. The van der Waals surface area contributed by atoms with Gasteiger partial charge in [-0.3, -0.25) is 4.79 Å². The van der Waals surface area contributed by atoms with E-state index in [4.69, 9.17) is 5.73 Å². The van der Waals surface area contributed by atoms with Crippen LogP contribution in [0.5, 0.6) is 0 Å². The molecule has 0 bridgehead atoms. The third-order valence-corrected chi connectivity index (χ3v) is 4.30. The van der Waals surface area contributed by atoms with Crippen molar-refractivity contribution >= 4 is 22.4 Å². The van der Waals surface area contributed by atoms with Crippen molar-refractivity contribution in [1.82, 2.24) is 10.3 Å². The SMILES string of the molecule is Cc1nc(N)sc1C(=O)NC1CCCCCC1O. The molecule has 4 N–H and O–H groups in total. The molecule has 1 fully saturated rings. The van der Waals surface area contributed by atoms with E-state index in [1.807, 2.05) is 0 Å². The number of aliphatic hydroxyl groups excluding tert-OH is 1. The average Bonchev–Trinajstić information content (AvgIpc) is 2.52. The number of amides is 1. The topological polar surface area (TPSA) is 88.2 Å². The number of carbonyl (C=O) groups is 1. The van der Waals surface area contributed by atoms with Crippen molar-refractivity contribution in [3.05, 3.63) is 10.6 Å². The molecule has 2 unspecified atom stereocenters. The van der Waals surface area contributed by atoms with Gasteiger partial charge in [-0.25, -0.2) is 4.98 Å². The Hall–Kier alpha value is -1.14. The zero-order valence-electron chi connectivity index (χ0n) is 10.5. The summed E-state index contributed by atoms with van der Waals surface area (Å²) in [4.78, 5) is 16.7. The molecule has 1 heterocycles. The van der Waals surface area contributed by atoms with Crippen molar-refractivity contribution in [2.45, 2.75) is 51.2 Å². The molecule has 1 amide bonds. The summed E-state index contributed by atoms with van der Waals surface area (Å²) in [5.74, 6) is -0.173. The highest BCUT2D eigenvalue weighted by molar-refractivity contribution is 7.17.